The van der Waals surface area contributed by atoms with Crippen LogP contribution in [0, 0.1) is 28.6 Å². The summed E-state index contributed by atoms with van der Waals surface area (Å²) in [6.07, 6.45) is 3.27. The molecular weight excluding hydrogens is 212 g/mol. The smallest absolute Gasteiger partial charge is 0.160 e. The summed E-state index contributed by atoms with van der Waals surface area (Å²) in [7, 11) is 0. The van der Waals surface area contributed by atoms with Crippen molar-refractivity contribution < 1.29 is 9.59 Å². The van der Waals surface area contributed by atoms with E-state index in [-0.39, 0.29) is 28.3 Å². The van der Waals surface area contributed by atoms with Gasteiger partial charge in [-0.2, -0.15) is 0 Å². The second-order valence-electron chi connectivity index (χ2n) is 6.88. The lowest BCUT2D eigenvalue weighted by molar-refractivity contribution is -0.123. The van der Waals surface area contributed by atoms with Gasteiger partial charge in [-0.15, -0.1) is 0 Å². The van der Waals surface area contributed by atoms with E-state index in [4.69, 9.17) is 0 Å². The van der Waals surface area contributed by atoms with Gasteiger partial charge >= 0.3 is 0 Å². The van der Waals surface area contributed by atoms with E-state index in [0.29, 0.717) is 18.3 Å². The van der Waals surface area contributed by atoms with Gasteiger partial charge in [-0.1, -0.05) is 27.7 Å². The zero-order chi connectivity index (χ0) is 12.6. The van der Waals surface area contributed by atoms with Gasteiger partial charge in [-0.3, -0.25) is 9.59 Å². The SMILES string of the molecule is CC1CCC(=O)C2=CC(=O)C3C(C3(C)C)C21C. The number of fused-ring (bicyclic) bond motifs is 3. The zero-order valence-electron chi connectivity index (χ0n) is 11.0. The second kappa shape index (κ2) is 2.90. The fraction of sp³-hybridized carbons (Fsp3) is 0.733. The third kappa shape index (κ3) is 1.12. The highest BCUT2D eigenvalue weighted by Gasteiger charge is 2.72. The lowest BCUT2D eigenvalue weighted by atomic mass is 9.59. The van der Waals surface area contributed by atoms with E-state index in [2.05, 4.69) is 27.7 Å². The van der Waals surface area contributed by atoms with Crippen molar-refractivity contribution in [2.45, 2.75) is 40.5 Å². The van der Waals surface area contributed by atoms with Crippen molar-refractivity contribution >= 4 is 11.6 Å². The molecule has 0 aromatic heterocycles. The summed E-state index contributed by atoms with van der Waals surface area (Å²) in [5, 5.41) is 0. The first-order valence-corrected chi connectivity index (χ1v) is 6.60. The quantitative estimate of drug-likeness (QED) is 0.643. The summed E-state index contributed by atoms with van der Waals surface area (Å²) >= 11 is 0. The monoisotopic (exact) mass is 232 g/mol. The highest BCUT2D eigenvalue weighted by atomic mass is 16.1. The van der Waals surface area contributed by atoms with Crippen LogP contribution in [0.15, 0.2) is 11.6 Å². The minimum Gasteiger partial charge on any atom is -0.295 e. The third-order valence-corrected chi connectivity index (χ3v) is 5.78. The molecular formula is C15H20O2. The van der Waals surface area contributed by atoms with E-state index in [1.807, 2.05) is 0 Å². The number of allylic oxidation sites excluding steroid dienone is 2. The van der Waals surface area contributed by atoms with Gasteiger partial charge in [0, 0.05) is 23.3 Å². The number of hydrogen-bond acceptors (Lipinski definition) is 2. The molecule has 2 nitrogen and oxygen atoms in total. The molecule has 2 saturated carbocycles. The normalized spacial score (nSPS) is 47.1. The highest BCUT2D eigenvalue weighted by molar-refractivity contribution is 6.08. The molecule has 2 heteroatoms. The predicted octanol–water partition coefficient (Wildman–Crippen LogP) is 2.77. The van der Waals surface area contributed by atoms with Gasteiger partial charge in [0.25, 0.3) is 0 Å². The number of carbonyl (C=O) groups is 2. The summed E-state index contributed by atoms with van der Waals surface area (Å²) in [5.41, 5.74) is 0.848. The molecule has 4 unspecified atom stereocenters. The highest BCUT2D eigenvalue weighted by Crippen LogP contribution is 2.72. The molecule has 0 aromatic carbocycles. The van der Waals surface area contributed by atoms with Gasteiger partial charge in [0.05, 0.1) is 0 Å². The number of Topliss-reactive ketones (excluding diaryl/α,β-unsaturated/α-hetero) is 1. The van der Waals surface area contributed by atoms with E-state index >= 15 is 0 Å². The molecule has 3 rings (SSSR count). The fourth-order valence-corrected chi connectivity index (χ4v) is 4.58. The fourth-order valence-electron chi connectivity index (χ4n) is 4.58. The molecule has 0 aliphatic heterocycles. The van der Waals surface area contributed by atoms with Crippen LogP contribution < -0.4 is 0 Å². The topological polar surface area (TPSA) is 34.1 Å². The number of rotatable bonds is 0. The second-order valence-corrected chi connectivity index (χ2v) is 6.88. The molecule has 0 spiro atoms. The molecule has 0 amide bonds. The minimum absolute atomic E-state index is 0.0581. The van der Waals surface area contributed by atoms with Crippen LogP contribution in [0.5, 0.6) is 0 Å². The maximum Gasteiger partial charge on any atom is 0.160 e. The van der Waals surface area contributed by atoms with Crippen LogP contribution in [-0.4, -0.2) is 11.6 Å². The van der Waals surface area contributed by atoms with Crippen LogP contribution in [0.3, 0.4) is 0 Å². The van der Waals surface area contributed by atoms with Crippen molar-refractivity contribution in [1.29, 1.82) is 0 Å². The Kier molecular flexibility index (Phi) is 1.91. The van der Waals surface area contributed by atoms with Gasteiger partial charge < -0.3 is 0 Å². The Morgan fingerprint density at radius 2 is 1.88 bits per heavy atom. The van der Waals surface area contributed by atoms with Gasteiger partial charge in [0.1, 0.15) is 0 Å². The molecule has 0 N–H and O–H groups in total. The van der Waals surface area contributed by atoms with Crippen molar-refractivity contribution in [3.05, 3.63) is 11.6 Å². The molecule has 2 fully saturated rings. The first-order chi connectivity index (χ1) is 7.81. The molecule has 3 aliphatic carbocycles. The van der Waals surface area contributed by atoms with Gasteiger partial charge in [-0.25, -0.2) is 0 Å². The maximum atomic E-state index is 12.1. The lowest BCUT2D eigenvalue weighted by Gasteiger charge is -2.44. The van der Waals surface area contributed by atoms with Crippen LogP contribution in [0.4, 0.5) is 0 Å². The molecule has 0 radical (unpaired) electrons. The van der Waals surface area contributed by atoms with Crippen LogP contribution in [0.1, 0.15) is 40.5 Å². The minimum atomic E-state index is -0.0581. The summed E-state index contributed by atoms with van der Waals surface area (Å²) < 4.78 is 0. The summed E-state index contributed by atoms with van der Waals surface area (Å²) in [6.45, 7) is 8.79. The maximum absolute atomic E-state index is 12.1. The molecule has 0 aromatic rings. The molecule has 0 bridgehead atoms. The van der Waals surface area contributed by atoms with E-state index in [1.165, 1.54) is 0 Å². The number of hydrogen-bond donors (Lipinski definition) is 0. The van der Waals surface area contributed by atoms with Gasteiger partial charge in [-0.05, 0) is 29.7 Å². The van der Waals surface area contributed by atoms with Crippen molar-refractivity contribution in [3.63, 3.8) is 0 Å². The Bertz CT molecular complexity index is 458. The first kappa shape index (κ1) is 11.2. The average Bonchev–Trinajstić information content (AvgIpc) is 2.83. The number of carbonyl (C=O) groups excluding carboxylic acids is 2. The zero-order valence-corrected chi connectivity index (χ0v) is 11.0. The summed E-state index contributed by atoms with van der Waals surface area (Å²) in [4.78, 5) is 24.2. The number of ketones is 2. The lowest BCUT2D eigenvalue weighted by Crippen LogP contribution is -2.41. The van der Waals surface area contributed by atoms with Crippen LogP contribution in [-0.2, 0) is 9.59 Å². The molecule has 0 saturated heterocycles. The van der Waals surface area contributed by atoms with Crippen LogP contribution in [0.2, 0.25) is 0 Å². The standard InChI is InChI=1S/C15H20O2/c1-8-5-6-10(16)9-7-11(17)12-13(14(12,2)3)15(8,9)4/h7-8,12-13H,5-6H2,1-4H3. The summed E-state index contributed by atoms with van der Waals surface area (Å²) in [6, 6.07) is 0. The molecule has 17 heavy (non-hydrogen) atoms. The predicted molar refractivity (Wildman–Crippen MR) is 65.4 cm³/mol. The average molecular weight is 232 g/mol. The Labute approximate surface area is 102 Å². The van der Waals surface area contributed by atoms with Crippen molar-refractivity contribution in [2.75, 3.05) is 0 Å². The van der Waals surface area contributed by atoms with E-state index < -0.39 is 0 Å². The Balaban J connectivity index is 2.15. The van der Waals surface area contributed by atoms with Crippen LogP contribution in [0.25, 0.3) is 0 Å². The van der Waals surface area contributed by atoms with Crippen molar-refractivity contribution in [2.24, 2.45) is 28.6 Å². The molecule has 92 valence electrons. The van der Waals surface area contributed by atoms with Crippen molar-refractivity contribution in [3.8, 4) is 0 Å². The van der Waals surface area contributed by atoms with Gasteiger partial charge in [0.15, 0.2) is 11.6 Å². The van der Waals surface area contributed by atoms with E-state index in [9.17, 15) is 9.59 Å². The van der Waals surface area contributed by atoms with Gasteiger partial charge in [0.2, 0.25) is 0 Å². The Morgan fingerprint density at radius 3 is 2.53 bits per heavy atom. The molecule has 0 heterocycles. The first-order valence-electron chi connectivity index (χ1n) is 6.60. The summed E-state index contributed by atoms with van der Waals surface area (Å²) in [5.74, 6) is 1.44. The third-order valence-electron chi connectivity index (χ3n) is 5.78. The van der Waals surface area contributed by atoms with Crippen molar-refractivity contribution in [1.82, 2.24) is 0 Å². The molecule has 4 atom stereocenters. The Hall–Kier alpha value is -0.920. The largest absolute Gasteiger partial charge is 0.295 e. The van der Waals surface area contributed by atoms with E-state index in [1.54, 1.807) is 6.08 Å². The van der Waals surface area contributed by atoms with Crippen LogP contribution >= 0.6 is 0 Å². The Morgan fingerprint density at radius 1 is 1.24 bits per heavy atom. The molecule has 3 aliphatic rings. The van der Waals surface area contributed by atoms with E-state index in [0.717, 1.165) is 12.0 Å².